The second kappa shape index (κ2) is 8.33. The number of benzene rings is 5. The number of rotatable bonds is 4. The van der Waals surface area contributed by atoms with Crippen LogP contribution in [-0.2, 0) is 19.6 Å². The Kier molecular flexibility index (Phi) is 5.00. The fraction of sp³-hybridized carbons (Fsp3) is 0.129. The second-order valence-electron chi connectivity index (χ2n) is 9.77. The molecule has 1 aliphatic rings. The molecule has 3 heterocycles. The minimum atomic E-state index is -0.907. The van der Waals surface area contributed by atoms with E-state index in [0.717, 1.165) is 44.3 Å². The molecule has 0 unspecified atom stereocenters. The van der Waals surface area contributed by atoms with Crippen LogP contribution < -0.4 is 10.6 Å². The first-order valence-corrected chi connectivity index (χ1v) is 12.3. The highest BCUT2D eigenvalue weighted by Crippen LogP contribution is 2.42. The van der Waals surface area contributed by atoms with Crippen molar-refractivity contribution >= 4 is 38.6 Å². The predicted octanol–water partition coefficient (Wildman–Crippen LogP) is 7.10. The van der Waals surface area contributed by atoms with Crippen molar-refractivity contribution < 1.29 is 22.4 Å². The molecule has 6 aromatic rings. The third-order valence-corrected chi connectivity index (χ3v) is 7.67. The largest absolute Gasteiger partial charge is 0.455 e. The smallest absolute Gasteiger partial charge is 0.251 e. The van der Waals surface area contributed by atoms with Crippen LogP contribution in [0.3, 0.4) is 0 Å². The fourth-order valence-corrected chi connectivity index (χ4v) is 5.65. The van der Waals surface area contributed by atoms with Crippen molar-refractivity contribution in [1.82, 2.24) is 10.6 Å². The number of furan rings is 2. The van der Waals surface area contributed by atoms with Crippen LogP contribution in [0.4, 0.5) is 13.2 Å². The van der Waals surface area contributed by atoms with Gasteiger partial charge in [0.25, 0.3) is 5.91 Å². The van der Waals surface area contributed by atoms with Crippen molar-refractivity contribution in [3.8, 4) is 11.1 Å². The number of carbonyl (C=O) groups is 1. The Bertz CT molecular complexity index is 1920. The summed E-state index contributed by atoms with van der Waals surface area (Å²) in [6.45, 7) is 3.31. The third kappa shape index (κ3) is 3.32. The quantitative estimate of drug-likeness (QED) is 0.249. The van der Waals surface area contributed by atoms with Gasteiger partial charge in [-0.15, -0.1) is 0 Å². The molecule has 0 fully saturated rings. The van der Waals surface area contributed by atoms with Crippen molar-refractivity contribution in [2.24, 2.45) is 0 Å². The Balaban J connectivity index is 1.23. The van der Waals surface area contributed by atoms with Gasteiger partial charge < -0.3 is 15.1 Å². The van der Waals surface area contributed by atoms with Gasteiger partial charge in [-0.3, -0.25) is 4.79 Å². The van der Waals surface area contributed by atoms with Crippen LogP contribution in [-0.4, -0.2) is 5.91 Å². The van der Waals surface area contributed by atoms with Crippen LogP contribution in [0.1, 0.15) is 32.6 Å². The monoisotopic (exact) mass is 510 g/mol. The first kappa shape index (κ1) is 22.8. The summed E-state index contributed by atoms with van der Waals surface area (Å²) in [5.74, 6) is -2.45. The maximum Gasteiger partial charge on any atom is 0.251 e. The lowest BCUT2D eigenvalue weighted by Gasteiger charge is -2.13. The molecule has 0 atom stereocenters. The van der Waals surface area contributed by atoms with E-state index in [-0.39, 0.29) is 23.8 Å². The fourth-order valence-electron chi connectivity index (χ4n) is 5.65. The summed E-state index contributed by atoms with van der Waals surface area (Å²) in [6.07, 6.45) is 0. The zero-order chi connectivity index (χ0) is 26.1. The molecule has 0 radical (unpaired) electrons. The Morgan fingerprint density at radius 3 is 2.50 bits per heavy atom. The Morgan fingerprint density at radius 1 is 0.895 bits per heavy atom. The second-order valence-corrected chi connectivity index (χ2v) is 9.77. The van der Waals surface area contributed by atoms with Gasteiger partial charge in [-0.05, 0) is 71.6 Å². The van der Waals surface area contributed by atoms with E-state index in [2.05, 4.69) is 10.6 Å². The van der Waals surface area contributed by atoms with E-state index in [1.807, 2.05) is 19.1 Å². The topological polar surface area (TPSA) is 54.3 Å². The molecule has 2 bridgehead atoms. The van der Waals surface area contributed by atoms with Crippen molar-refractivity contribution in [1.29, 1.82) is 0 Å². The molecule has 0 saturated heterocycles. The molecule has 7 rings (SSSR count). The van der Waals surface area contributed by atoms with Gasteiger partial charge in [0.15, 0.2) is 11.6 Å². The number of amides is 1. The predicted molar refractivity (Wildman–Crippen MR) is 141 cm³/mol. The number of carbonyl (C=O) groups excluding carboxylic acids is 1. The van der Waals surface area contributed by atoms with Gasteiger partial charge in [0.1, 0.15) is 17.0 Å². The number of hydrogen-bond acceptors (Lipinski definition) is 3. The molecule has 4 nitrogen and oxygen atoms in total. The summed E-state index contributed by atoms with van der Waals surface area (Å²) >= 11 is 0. The highest BCUT2D eigenvalue weighted by molar-refractivity contribution is 6.26. The van der Waals surface area contributed by atoms with Crippen LogP contribution in [0.2, 0.25) is 0 Å². The van der Waals surface area contributed by atoms with E-state index in [1.54, 1.807) is 30.3 Å². The summed E-state index contributed by atoms with van der Waals surface area (Å²) < 4.78 is 49.0. The minimum absolute atomic E-state index is 0.0801. The minimum Gasteiger partial charge on any atom is -0.455 e. The Hall–Kier alpha value is -4.36. The first-order valence-electron chi connectivity index (χ1n) is 12.3. The van der Waals surface area contributed by atoms with Crippen molar-refractivity contribution in [2.75, 3.05) is 0 Å². The van der Waals surface area contributed by atoms with Crippen LogP contribution >= 0.6 is 0 Å². The van der Waals surface area contributed by atoms with E-state index in [4.69, 9.17) is 4.42 Å². The highest BCUT2D eigenvalue weighted by Gasteiger charge is 2.22. The van der Waals surface area contributed by atoms with Crippen LogP contribution in [0.5, 0.6) is 0 Å². The number of halogens is 3. The molecule has 4 aromatic carbocycles. The third-order valence-electron chi connectivity index (χ3n) is 7.67. The van der Waals surface area contributed by atoms with E-state index in [1.165, 1.54) is 12.1 Å². The molecular weight excluding hydrogens is 489 g/mol. The summed E-state index contributed by atoms with van der Waals surface area (Å²) in [4.78, 5) is 13.1. The molecule has 2 aromatic heterocycles. The summed E-state index contributed by atoms with van der Waals surface area (Å²) in [5, 5.41) is 9.32. The maximum absolute atomic E-state index is 14.7. The van der Waals surface area contributed by atoms with Gasteiger partial charge >= 0.3 is 0 Å². The molecule has 2 N–H and O–H groups in total. The number of hydrogen-bond donors (Lipinski definition) is 2. The molecule has 0 saturated carbocycles. The zero-order valence-electron chi connectivity index (χ0n) is 20.3. The van der Waals surface area contributed by atoms with Crippen molar-refractivity contribution in [2.45, 2.75) is 26.6 Å². The molecule has 0 spiro atoms. The number of nitrogens with one attached hydrogen (secondary N) is 2. The van der Waals surface area contributed by atoms with Crippen LogP contribution in [0.15, 0.2) is 65.1 Å². The molecule has 0 aliphatic carbocycles. The van der Waals surface area contributed by atoms with Gasteiger partial charge in [-0.2, -0.15) is 0 Å². The van der Waals surface area contributed by atoms with Crippen molar-refractivity contribution in [3.05, 3.63) is 106 Å². The normalized spacial score (nSPS) is 13.2. The summed E-state index contributed by atoms with van der Waals surface area (Å²) in [5.41, 5.74) is 5.76. The molecule has 1 amide bonds. The molecule has 188 valence electrons. The lowest BCUT2D eigenvalue weighted by Crippen LogP contribution is -2.24. The van der Waals surface area contributed by atoms with E-state index < -0.39 is 11.6 Å². The lowest BCUT2D eigenvalue weighted by atomic mass is 9.97. The van der Waals surface area contributed by atoms with Gasteiger partial charge in [0.2, 0.25) is 0 Å². The first-order chi connectivity index (χ1) is 18.4. The van der Waals surface area contributed by atoms with E-state index in [9.17, 15) is 18.0 Å². The van der Waals surface area contributed by atoms with Crippen LogP contribution in [0, 0.1) is 24.4 Å². The number of fused-ring (bicyclic) bond motifs is 9. The van der Waals surface area contributed by atoms with Gasteiger partial charge in [0.05, 0.1) is 0 Å². The molecule has 38 heavy (non-hydrogen) atoms. The summed E-state index contributed by atoms with van der Waals surface area (Å²) in [6, 6.07) is 16.3. The molecule has 1 aliphatic heterocycles. The van der Waals surface area contributed by atoms with E-state index >= 15 is 0 Å². The lowest BCUT2D eigenvalue weighted by molar-refractivity contribution is 0.0950. The summed E-state index contributed by atoms with van der Waals surface area (Å²) in [7, 11) is 0. The molecular formula is C31H21F3N2O2. The maximum atomic E-state index is 14.7. The highest BCUT2D eigenvalue weighted by atomic mass is 19.2. The zero-order valence-corrected chi connectivity index (χ0v) is 20.3. The Labute approximate surface area is 215 Å². The van der Waals surface area contributed by atoms with Crippen molar-refractivity contribution in [3.63, 3.8) is 0 Å². The van der Waals surface area contributed by atoms with Gasteiger partial charge in [0, 0.05) is 57.9 Å². The standard InChI is InChI=1S/C31H21F3N2O2/c1-15-24-13-35-12-18(24)11-27(33)25(15)14-36-31(37)17-6-8-21-23(10-17)30-22-9-16(5-7-20(22)29(21)38-30)19-3-2-4-26(32)28(19)34/h2-11,35H,12-14H2,1H3,(H,36,37). The van der Waals surface area contributed by atoms with Crippen LogP contribution in [0.25, 0.3) is 43.8 Å². The Morgan fingerprint density at radius 2 is 1.66 bits per heavy atom. The average Bonchev–Trinajstić information content (AvgIpc) is 3.64. The van der Waals surface area contributed by atoms with E-state index in [0.29, 0.717) is 40.9 Å². The SMILES string of the molecule is Cc1c(CNC(=O)c2ccc3c(c2)c2oc3c3ccc(-c4cccc(F)c4F)cc32)c(F)cc2c1CNC2. The van der Waals surface area contributed by atoms with Gasteiger partial charge in [-0.25, -0.2) is 13.2 Å². The molecule has 7 heteroatoms. The average molecular weight is 511 g/mol. The van der Waals surface area contributed by atoms with Gasteiger partial charge in [-0.1, -0.05) is 18.2 Å².